The number of hydrogen-bond donors (Lipinski definition) is 2. The van der Waals surface area contributed by atoms with Crippen LogP contribution in [0.15, 0.2) is 40.3 Å². The number of nitrogens with one attached hydrogen (secondary N) is 2. The Labute approximate surface area is 137 Å². The Morgan fingerprint density at radius 3 is 2.62 bits per heavy atom. The lowest BCUT2D eigenvalue weighted by Gasteiger charge is -2.32. The van der Waals surface area contributed by atoms with Crippen molar-refractivity contribution < 1.29 is 4.79 Å². The van der Waals surface area contributed by atoms with E-state index in [1.807, 2.05) is 0 Å². The summed E-state index contributed by atoms with van der Waals surface area (Å²) in [4.78, 5) is 47.3. The molecule has 0 aromatic carbocycles. The Balaban J connectivity index is 1.51. The summed E-state index contributed by atoms with van der Waals surface area (Å²) in [6.07, 6.45) is 6.29. The van der Waals surface area contributed by atoms with E-state index < -0.39 is 11.2 Å². The van der Waals surface area contributed by atoms with Crippen LogP contribution in [0.2, 0.25) is 0 Å². The molecule has 24 heavy (non-hydrogen) atoms. The fraction of sp³-hybridized carbons (Fsp3) is 0.400. The van der Waals surface area contributed by atoms with Crippen LogP contribution in [-0.4, -0.2) is 44.6 Å². The summed E-state index contributed by atoms with van der Waals surface area (Å²) in [5.41, 5.74) is -1.07. The van der Waals surface area contributed by atoms with Crippen LogP contribution in [0, 0.1) is 0 Å². The van der Waals surface area contributed by atoms with Gasteiger partial charge in [-0.05, 0) is 18.9 Å². The fourth-order valence-corrected chi connectivity index (χ4v) is 2.68. The van der Waals surface area contributed by atoms with E-state index in [1.165, 1.54) is 16.8 Å². The second-order valence-electron chi connectivity index (χ2n) is 5.62. The predicted octanol–water partition coefficient (Wildman–Crippen LogP) is -0.888. The molecule has 1 amide bonds. The zero-order valence-electron chi connectivity index (χ0n) is 13.0. The molecule has 0 bridgehead atoms. The average molecular weight is 330 g/mol. The molecule has 0 aliphatic carbocycles. The van der Waals surface area contributed by atoms with Crippen molar-refractivity contribution in [3.63, 3.8) is 0 Å². The van der Waals surface area contributed by atoms with Gasteiger partial charge in [0.1, 0.15) is 6.54 Å². The van der Waals surface area contributed by atoms with Gasteiger partial charge in [-0.25, -0.2) is 14.8 Å². The maximum Gasteiger partial charge on any atom is 0.328 e. The Bertz CT molecular complexity index is 808. The van der Waals surface area contributed by atoms with Crippen molar-refractivity contribution in [2.24, 2.45) is 0 Å². The number of hydrogen-bond acceptors (Lipinski definition) is 6. The molecule has 3 rings (SSSR count). The second-order valence-corrected chi connectivity index (χ2v) is 5.62. The quantitative estimate of drug-likeness (QED) is 0.752. The normalized spacial score (nSPS) is 15.2. The zero-order chi connectivity index (χ0) is 16.9. The van der Waals surface area contributed by atoms with Gasteiger partial charge < -0.3 is 10.2 Å². The Morgan fingerprint density at radius 2 is 1.96 bits per heavy atom. The van der Waals surface area contributed by atoms with Crippen LogP contribution in [0.4, 0.5) is 5.95 Å². The van der Waals surface area contributed by atoms with Crippen molar-refractivity contribution in [1.82, 2.24) is 24.8 Å². The van der Waals surface area contributed by atoms with Crippen LogP contribution >= 0.6 is 0 Å². The molecule has 126 valence electrons. The van der Waals surface area contributed by atoms with Gasteiger partial charge >= 0.3 is 5.69 Å². The van der Waals surface area contributed by atoms with Crippen molar-refractivity contribution in [2.75, 3.05) is 18.0 Å². The van der Waals surface area contributed by atoms with Gasteiger partial charge in [-0.2, -0.15) is 0 Å². The Morgan fingerprint density at radius 1 is 1.25 bits per heavy atom. The Kier molecular flexibility index (Phi) is 4.69. The van der Waals surface area contributed by atoms with Crippen LogP contribution in [0.5, 0.6) is 0 Å². The molecule has 0 saturated carbocycles. The monoisotopic (exact) mass is 330 g/mol. The molecule has 9 heteroatoms. The maximum absolute atomic E-state index is 12.1. The van der Waals surface area contributed by atoms with Crippen molar-refractivity contribution in [2.45, 2.75) is 25.4 Å². The number of carbonyl (C=O) groups is 1. The fourth-order valence-electron chi connectivity index (χ4n) is 2.68. The van der Waals surface area contributed by atoms with E-state index in [-0.39, 0.29) is 18.5 Å². The van der Waals surface area contributed by atoms with E-state index >= 15 is 0 Å². The second kappa shape index (κ2) is 7.07. The van der Waals surface area contributed by atoms with Gasteiger partial charge in [0.25, 0.3) is 5.56 Å². The van der Waals surface area contributed by atoms with E-state index in [4.69, 9.17) is 0 Å². The highest BCUT2D eigenvalue weighted by atomic mass is 16.2. The lowest BCUT2D eigenvalue weighted by Crippen LogP contribution is -2.46. The summed E-state index contributed by atoms with van der Waals surface area (Å²) in [7, 11) is 0. The number of carbonyl (C=O) groups excluding carboxylic acids is 1. The van der Waals surface area contributed by atoms with Crippen molar-refractivity contribution in [3.05, 3.63) is 51.6 Å². The molecular formula is C15H18N6O3. The van der Waals surface area contributed by atoms with Crippen molar-refractivity contribution in [1.29, 1.82) is 0 Å². The molecule has 1 aliphatic heterocycles. The number of nitrogens with zero attached hydrogens (tertiary/aromatic N) is 4. The first kappa shape index (κ1) is 15.9. The molecule has 0 atom stereocenters. The molecule has 0 unspecified atom stereocenters. The third-order valence-corrected chi connectivity index (χ3v) is 3.91. The van der Waals surface area contributed by atoms with E-state index in [0.717, 1.165) is 25.9 Å². The molecule has 2 aromatic rings. The molecular weight excluding hydrogens is 312 g/mol. The lowest BCUT2D eigenvalue weighted by molar-refractivity contribution is -0.122. The number of amides is 1. The summed E-state index contributed by atoms with van der Waals surface area (Å²) in [6.45, 7) is 1.40. The molecule has 2 aromatic heterocycles. The van der Waals surface area contributed by atoms with Gasteiger partial charge in [0.15, 0.2) is 0 Å². The number of piperidine rings is 1. The van der Waals surface area contributed by atoms with Crippen LogP contribution in [0.3, 0.4) is 0 Å². The number of aromatic amines is 1. The third kappa shape index (κ3) is 3.86. The lowest BCUT2D eigenvalue weighted by atomic mass is 10.1. The minimum Gasteiger partial charge on any atom is -0.352 e. The maximum atomic E-state index is 12.1. The summed E-state index contributed by atoms with van der Waals surface area (Å²) in [6, 6.07) is 3.04. The molecule has 0 radical (unpaired) electrons. The van der Waals surface area contributed by atoms with E-state index in [1.54, 1.807) is 18.5 Å². The first-order chi connectivity index (χ1) is 11.6. The number of anilines is 1. The van der Waals surface area contributed by atoms with Crippen LogP contribution in [0.1, 0.15) is 12.8 Å². The zero-order valence-corrected chi connectivity index (χ0v) is 13.0. The molecule has 1 saturated heterocycles. The van der Waals surface area contributed by atoms with Gasteiger partial charge in [0, 0.05) is 43.8 Å². The number of H-pyrrole nitrogens is 1. The topological polar surface area (TPSA) is 113 Å². The number of aromatic nitrogens is 4. The molecule has 9 nitrogen and oxygen atoms in total. The summed E-state index contributed by atoms with van der Waals surface area (Å²) in [5.74, 6) is 0.445. The summed E-state index contributed by atoms with van der Waals surface area (Å²) < 4.78 is 1.17. The van der Waals surface area contributed by atoms with Crippen LogP contribution in [0.25, 0.3) is 0 Å². The van der Waals surface area contributed by atoms with Crippen LogP contribution < -0.4 is 21.5 Å². The first-order valence-electron chi connectivity index (χ1n) is 7.73. The molecule has 1 fully saturated rings. The highest BCUT2D eigenvalue weighted by Gasteiger charge is 2.22. The third-order valence-electron chi connectivity index (χ3n) is 3.91. The van der Waals surface area contributed by atoms with Gasteiger partial charge in [-0.15, -0.1) is 0 Å². The summed E-state index contributed by atoms with van der Waals surface area (Å²) >= 11 is 0. The highest BCUT2D eigenvalue weighted by Crippen LogP contribution is 2.15. The van der Waals surface area contributed by atoms with E-state index in [0.29, 0.717) is 5.95 Å². The SMILES string of the molecule is O=C(Cn1ccc(=O)[nH]c1=O)NC1CCN(c2ncccn2)CC1. The van der Waals surface area contributed by atoms with E-state index in [9.17, 15) is 14.4 Å². The molecule has 0 spiro atoms. The van der Waals surface area contributed by atoms with Gasteiger partial charge in [-0.3, -0.25) is 19.1 Å². The van der Waals surface area contributed by atoms with E-state index in [2.05, 4.69) is 25.2 Å². The van der Waals surface area contributed by atoms with Crippen molar-refractivity contribution >= 4 is 11.9 Å². The van der Waals surface area contributed by atoms with Gasteiger partial charge in [0.05, 0.1) is 0 Å². The standard InChI is InChI=1S/C15H18N6O3/c22-12-4-9-21(15(24)19-12)10-13(23)18-11-2-7-20(8-3-11)14-16-5-1-6-17-14/h1,4-6,9,11H,2-3,7-8,10H2,(H,18,23)(H,19,22,24). The smallest absolute Gasteiger partial charge is 0.328 e. The average Bonchev–Trinajstić information content (AvgIpc) is 2.59. The Hall–Kier alpha value is -2.97. The minimum atomic E-state index is -0.589. The molecule has 2 N–H and O–H groups in total. The van der Waals surface area contributed by atoms with Gasteiger partial charge in [-0.1, -0.05) is 0 Å². The molecule has 1 aliphatic rings. The van der Waals surface area contributed by atoms with Gasteiger partial charge in [0.2, 0.25) is 11.9 Å². The van der Waals surface area contributed by atoms with Crippen molar-refractivity contribution in [3.8, 4) is 0 Å². The predicted molar refractivity (Wildman–Crippen MR) is 86.7 cm³/mol. The molecule has 3 heterocycles. The first-order valence-corrected chi connectivity index (χ1v) is 7.73. The number of rotatable bonds is 4. The summed E-state index contributed by atoms with van der Waals surface area (Å²) in [5, 5.41) is 2.92. The minimum absolute atomic E-state index is 0.0518. The largest absolute Gasteiger partial charge is 0.352 e. The van der Waals surface area contributed by atoms with Crippen LogP contribution in [-0.2, 0) is 11.3 Å². The highest BCUT2D eigenvalue weighted by molar-refractivity contribution is 5.76.